The van der Waals surface area contributed by atoms with E-state index in [4.69, 9.17) is 21.1 Å². The number of amides is 1. The predicted molar refractivity (Wildman–Crippen MR) is 126 cm³/mol. The molecule has 7 nitrogen and oxygen atoms in total. The van der Waals surface area contributed by atoms with Crippen molar-refractivity contribution in [1.29, 1.82) is 0 Å². The zero-order chi connectivity index (χ0) is 24.3. The number of halogens is 1. The van der Waals surface area contributed by atoms with Crippen LogP contribution in [0, 0.1) is 13.8 Å². The van der Waals surface area contributed by atoms with Gasteiger partial charge in [-0.15, -0.1) is 0 Å². The molecule has 1 aliphatic rings. The number of methoxy groups -OCH3 is 1. The molecule has 1 aliphatic heterocycles. The monoisotopic (exact) mass is 474 g/mol. The van der Waals surface area contributed by atoms with E-state index in [1.165, 1.54) is 7.11 Å². The average molecular weight is 475 g/mol. The van der Waals surface area contributed by atoms with Crippen LogP contribution in [0.3, 0.4) is 0 Å². The van der Waals surface area contributed by atoms with Gasteiger partial charge < -0.3 is 18.9 Å². The maximum absolute atomic E-state index is 13.8. The lowest BCUT2D eigenvalue weighted by atomic mass is 9.98. The Bertz CT molecular complexity index is 1040. The minimum absolute atomic E-state index is 0.121. The fourth-order valence-corrected chi connectivity index (χ4v) is 4.67. The Labute approximate surface area is 199 Å². The zero-order valence-corrected chi connectivity index (χ0v) is 20.6. The fraction of sp³-hybridized carbons (Fsp3) is 0.480. The maximum Gasteiger partial charge on any atom is 0.354 e. The van der Waals surface area contributed by atoms with E-state index in [1.54, 1.807) is 47.6 Å². The van der Waals surface area contributed by atoms with Gasteiger partial charge in [0.2, 0.25) is 0 Å². The number of rotatable bonds is 8. The molecule has 1 saturated heterocycles. The number of nitrogens with zero attached hydrogens (tertiary/aromatic N) is 2. The van der Waals surface area contributed by atoms with E-state index >= 15 is 0 Å². The molecule has 8 heteroatoms. The molecule has 2 atom stereocenters. The van der Waals surface area contributed by atoms with Gasteiger partial charge >= 0.3 is 5.97 Å². The number of carbonyl (C=O) groups excluding carboxylic acids is 3. The lowest BCUT2D eigenvalue weighted by Crippen LogP contribution is -2.47. The predicted octanol–water partition coefficient (Wildman–Crippen LogP) is 4.46. The van der Waals surface area contributed by atoms with Gasteiger partial charge in [0.1, 0.15) is 5.69 Å². The summed E-state index contributed by atoms with van der Waals surface area (Å²) < 4.78 is 12.5. The number of benzene rings is 1. The molecular formula is C25H31ClN2O5. The molecule has 1 fully saturated rings. The van der Waals surface area contributed by atoms with E-state index in [2.05, 4.69) is 0 Å². The average Bonchev–Trinajstić information content (AvgIpc) is 3.41. The molecule has 3 rings (SSSR count). The lowest BCUT2D eigenvalue weighted by Gasteiger charge is -2.31. The van der Waals surface area contributed by atoms with Crippen molar-refractivity contribution in [3.05, 3.63) is 57.4 Å². The summed E-state index contributed by atoms with van der Waals surface area (Å²) in [6.07, 6.45) is 1.64. The number of carbonyl (C=O) groups is 3. The van der Waals surface area contributed by atoms with Gasteiger partial charge in [-0.1, -0.05) is 11.6 Å². The second kappa shape index (κ2) is 10.5. The number of hydrogen-bond donors (Lipinski definition) is 0. The Morgan fingerprint density at radius 1 is 1.24 bits per heavy atom. The first-order valence-electron chi connectivity index (χ1n) is 11.2. The molecule has 2 heterocycles. The van der Waals surface area contributed by atoms with Crippen molar-refractivity contribution in [2.24, 2.45) is 0 Å². The molecule has 0 saturated carbocycles. The Morgan fingerprint density at radius 3 is 2.45 bits per heavy atom. The van der Waals surface area contributed by atoms with Crippen LogP contribution < -0.4 is 0 Å². The second-order valence-electron chi connectivity index (χ2n) is 8.31. The number of ketones is 1. The Morgan fingerprint density at radius 2 is 1.91 bits per heavy atom. The highest BCUT2D eigenvalue weighted by molar-refractivity contribution is 6.30. The van der Waals surface area contributed by atoms with E-state index in [0.29, 0.717) is 52.8 Å². The third-order valence-electron chi connectivity index (χ3n) is 6.33. The van der Waals surface area contributed by atoms with Gasteiger partial charge in [0.15, 0.2) is 5.78 Å². The second-order valence-corrected chi connectivity index (χ2v) is 8.75. The van der Waals surface area contributed by atoms with Crippen molar-refractivity contribution in [3.63, 3.8) is 0 Å². The number of hydrogen-bond acceptors (Lipinski definition) is 5. The SMILES string of the molecule is CCn1c(C)c(C(=O)C(C)N(CC2CCCO2)C(=O)c2ccc(Cl)cc2)c(C)c1C(=O)OC. The van der Waals surface area contributed by atoms with Crippen LogP contribution in [0.5, 0.6) is 0 Å². The summed E-state index contributed by atoms with van der Waals surface area (Å²) in [6.45, 7) is 8.67. The van der Waals surface area contributed by atoms with Crippen LogP contribution in [-0.4, -0.2) is 59.5 Å². The van der Waals surface area contributed by atoms with Crippen LogP contribution in [-0.2, 0) is 16.0 Å². The van der Waals surface area contributed by atoms with Gasteiger partial charge in [-0.05, 0) is 70.4 Å². The summed E-state index contributed by atoms with van der Waals surface area (Å²) in [5.41, 5.74) is 2.51. The molecule has 33 heavy (non-hydrogen) atoms. The zero-order valence-electron chi connectivity index (χ0n) is 19.8. The maximum atomic E-state index is 13.8. The van der Waals surface area contributed by atoms with Crippen molar-refractivity contribution in [1.82, 2.24) is 9.47 Å². The van der Waals surface area contributed by atoms with Gasteiger partial charge in [-0.2, -0.15) is 0 Å². The van der Waals surface area contributed by atoms with Crippen LogP contribution in [0.1, 0.15) is 69.2 Å². The summed E-state index contributed by atoms with van der Waals surface area (Å²) in [5.74, 6) is -0.971. The van der Waals surface area contributed by atoms with E-state index in [-0.39, 0.29) is 17.8 Å². The molecule has 1 aromatic carbocycles. The summed E-state index contributed by atoms with van der Waals surface area (Å²) in [4.78, 5) is 41.2. The smallest absolute Gasteiger partial charge is 0.354 e. The molecule has 2 aromatic rings. The van der Waals surface area contributed by atoms with Crippen LogP contribution in [0.25, 0.3) is 0 Å². The van der Waals surface area contributed by atoms with E-state index < -0.39 is 12.0 Å². The first-order valence-corrected chi connectivity index (χ1v) is 11.6. The van der Waals surface area contributed by atoms with Crippen molar-refractivity contribution < 1.29 is 23.9 Å². The molecule has 1 amide bonds. The molecule has 0 radical (unpaired) electrons. The number of ether oxygens (including phenoxy) is 2. The van der Waals surface area contributed by atoms with Gasteiger partial charge in [-0.25, -0.2) is 4.79 Å². The number of aromatic nitrogens is 1. The third kappa shape index (κ3) is 4.99. The van der Waals surface area contributed by atoms with Gasteiger partial charge in [-0.3, -0.25) is 9.59 Å². The highest BCUT2D eigenvalue weighted by Crippen LogP contribution is 2.27. The van der Waals surface area contributed by atoms with E-state index in [0.717, 1.165) is 12.8 Å². The van der Waals surface area contributed by atoms with Crippen molar-refractivity contribution >= 4 is 29.3 Å². The molecule has 1 aromatic heterocycles. The minimum atomic E-state index is -0.756. The Hall–Kier alpha value is -2.64. The molecule has 178 valence electrons. The van der Waals surface area contributed by atoms with Crippen molar-refractivity contribution in [2.75, 3.05) is 20.3 Å². The van der Waals surface area contributed by atoms with Crippen LogP contribution >= 0.6 is 11.6 Å². The standard InChI is InChI=1S/C25H31ClN2O5/c1-6-27-16(3)21(15(2)22(27)25(31)32-5)23(29)17(4)28(14-20-8-7-13-33-20)24(30)18-9-11-19(26)12-10-18/h9-12,17,20H,6-8,13-14H2,1-5H3. The molecule has 0 aliphatic carbocycles. The van der Waals surface area contributed by atoms with Crippen LogP contribution in [0.4, 0.5) is 0 Å². The largest absolute Gasteiger partial charge is 0.464 e. The highest BCUT2D eigenvalue weighted by atomic mass is 35.5. The van der Waals surface area contributed by atoms with Crippen LogP contribution in [0.2, 0.25) is 5.02 Å². The van der Waals surface area contributed by atoms with Gasteiger partial charge in [0.25, 0.3) is 5.91 Å². The molecule has 0 N–H and O–H groups in total. The first-order chi connectivity index (χ1) is 15.7. The van der Waals surface area contributed by atoms with Gasteiger partial charge in [0.05, 0.1) is 19.3 Å². The third-order valence-corrected chi connectivity index (χ3v) is 6.58. The van der Waals surface area contributed by atoms with Crippen LogP contribution in [0.15, 0.2) is 24.3 Å². The molecular weight excluding hydrogens is 444 g/mol. The van der Waals surface area contributed by atoms with Gasteiger partial charge in [0, 0.05) is 41.5 Å². The number of esters is 1. The Kier molecular flexibility index (Phi) is 7.97. The van der Waals surface area contributed by atoms with E-state index in [9.17, 15) is 14.4 Å². The summed E-state index contributed by atoms with van der Waals surface area (Å²) in [7, 11) is 1.32. The molecule has 2 unspecified atom stereocenters. The van der Waals surface area contributed by atoms with Crippen molar-refractivity contribution in [3.8, 4) is 0 Å². The minimum Gasteiger partial charge on any atom is -0.464 e. The fourth-order valence-electron chi connectivity index (χ4n) is 4.55. The summed E-state index contributed by atoms with van der Waals surface area (Å²) in [6, 6.07) is 5.87. The lowest BCUT2D eigenvalue weighted by molar-refractivity contribution is 0.0410. The molecule has 0 bridgehead atoms. The first kappa shape index (κ1) is 25.0. The summed E-state index contributed by atoms with van der Waals surface area (Å²) >= 11 is 5.99. The number of Topliss-reactive ketones (excluding diaryl/α,β-unsaturated/α-hetero) is 1. The topological polar surface area (TPSA) is 77.8 Å². The van der Waals surface area contributed by atoms with E-state index in [1.807, 2.05) is 13.8 Å². The van der Waals surface area contributed by atoms with Crippen molar-refractivity contribution in [2.45, 2.75) is 59.2 Å². The quantitative estimate of drug-likeness (QED) is 0.417. The normalized spacial score (nSPS) is 16.5. The molecule has 0 spiro atoms. The highest BCUT2D eigenvalue weighted by Gasteiger charge is 2.35. The summed E-state index contributed by atoms with van der Waals surface area (Å²) in [5, 5.41) is 0.531. The Balaban J connectivity index is 2.00.